The first-order valence-corrected chi connectivity index (χ1v) is 6.36. The highest BCUT2D eigenvalue weighted by Gasteiger charge is 2.36. The number of carbonyl (C=O) groups is 1. The van der Waals surface area contributed by atoms with Gasteiger partial charge in [0.25, 0.3) is 0 Å². The quantitative estimate of drug-likeness (QED) is 0.799. The second kappa shape index (κ2) is 5.01. The molecule has 0 radical (unpaired) electrons. The molecule has 0 heterocycles. The summed E-state index contributed by atoms with van der Waals surface area (Å²) in [5.74, 6) is 0.364. The summed E-state index contributed by atoms with van der Waals surface area (Å²) in [4.78, 5) is 11.3. The summed E-state index contributed by atoms with van der Waals surface area (Å²) in [7, 11) is 1.75. The number of ketones is 1. The highest BCUT2D eigenvalue weighted by molar-refractivity contribution is 5.79. The molecule has 1 aromatic rings. The Bertz CT molecular complexity index is 382. The first-order valence-electron chi connectivity index (χ1n) is 6.36. The van der Waals surface area contributed by atoms with Crippen molar-refractivity contribution in [3.05, 3.63) is 35.4 Å². The Hall–Kier alpha value is -1.15. The number of carbonyl (C=O) groups excluding carboxylic acids is 1. The number of ether oxygens (including phenoxy) is 1. The zero-order valence-electron chi connectivity index (χ0n) is 10.7. The molecule has 2 nitrogen and oxygen atoms in total. The molecule has 92 valence electrons. The molecule has 2 heteroatoms. The lowest BCUT2D eigenvalue weighted by Crippen LogP contribution is -2.33. The largest absolute Gasteiger partial charge is 0.374 e. The molecule has 0 atom stereocenters. The Morgan fingerprint density at radius 3 is 2.24 bits per heavy atom. The number of hydrogen-bond donors (Lipinski definition) is 0. The fourth-order valence-electron chi connectivity index (χ4n) is 2.59. The van der Waals surface area contributed by atoms with Gasteiger partial charge in [0, 0.05) is 20.0 Å². The van der Waals surface area contributed by atoms with E-state index in [1.807, 2.05) is 0 Å². The fourth-order valence-corrected chi connectivity index (χ4v) is 2.59. The van der Waals surface area contributed by atoms with Gasteiger partial charge in [-0.1, -0.05) is 31.2 Å². The van der Waals surface area contributed by atoms with Crippen LogP contribution in [-0.2, 0) is 21.6 Å². The number of Topliss-reactive ketones (excluding diaryl/α,β-unsaturated/α-hetero) is 1. The van der Waals surface area contributed by atoms with Gasteiger partial charge in [-0.3, -0.25) is 4.79 Å². The smallest absolute Gasteiger partial charge is 0.133 e. The van der Waals surface area contributed by atoms with E-state index in [2.05, 4.69) is 31.2 Å². The second-order valence-electron chi connectivity index (χ2n) is 4.79. The van der Waals surface area contributed by atoms with Gasteiger partial charge < -0.3 is 4.74 Å². The van der Waals surface area contributed by atoms with Crippen molar-refractivity contribution < 1.29 is 9.53 Å². The van der Waals surface area contributed by atoms with Crippen molar-refractivity contribution in [1.82, 2.24) is 0 Å². The van der Waals surface area contributed by atoms with Gasteiger partial charge in [0.05, 0.1) is 5.60 Å². The summed E-state index contributed by atoms with van der Waals surface area (Å²) in [6.45, 7) is 2.15. The molecule has 2 rings (SSSR count). The third-order valence-corrected chi connectivity index (χ3v) is 3.89. The van der Waals surface area contributed by atoms with E-state index in [4.69, 9.17) is 4.74 Å². The molecule has 1 saturated carbocycles. The van der Waals surface area contributed by atoms with Crippen molar-refractivity contribution in [2.75, 3.05) is 7.11 Å². The van der Waals surface area contributed by atoms with E-state index in [0.29, 0.717) is 18.6 Å². The minimum atomic E-state index is -0.236. The van der Waals surface area contributed by atoms with Crippen LogP contribution in [0, 0.1) is 0 Å². The van der Waals surface area contributed by atoms with Crippen LogP contribution < -0.4 is 0 Å². The van der Waals surface area contributed by atoms with Gasteiger partial charge in [-0.15, -0.1) is 0 Å². The normalized spacial score (nSPS) is 19.3. The molecule has 0 saturated heterocycles. The van der Waals surface area contributed by atoms with Gasteiger partial charge >= 0.3 is 0 Å². The van der Waals surface area contributed by atoms with E-state index in [1.165, 1.54) is 11.1 Å². The molecule has 0 aromatic heterocycles. The second-order valence-corrected chi connectivity index (χ2v) is 4.79. The molecule has 0 aliphatic heterocycles. The van der Waals surface area contributed by atoms with E-state index in [-0.39, 0.29) is 5.60 Å². The lowest BCUT2D eigenvalue weighted by Gasteiger charge is -2.36. The van der Waals surface area contributed by atoms with Crippen molar-refractivity contribution in [1.29, 1.82) is 0 Å². The first-order chi connectivity index (χ1) is 8.20. The molecule has 0 spiro atoms. The van der Waals surface area contributed by atoms with Gasteiger partial charge in [-0.25, -0.2) is 0 Å². The molecule has 0 unspecified atom stereocenters. The number of benzene rings is 1. The Morgan fingerprint density at radius 1 is 1.18 bits per heavy atom. The van der Waals surface area contributed by atoms with Crippen LogP contribution >= 0.6 is 0 Å². The maximum atomic E-state index is 11.3. The van der Waals surface area contributed by atoms with Crippen LogP contribution in [0.25, 0.3) is 0 Å². The third kappa shape index (κ3) is 2.42. The highest BCUT2D eigenvalue weighted by atomic mass is 16.5. The average Bonchev–Trinajstić information content (AvgIpc) is 2.40. The molecule has 1 aromatic carbocycles. The molecule has 1 aliphatic rings. The van der Waals surface area contributed by atoms with Crippen LogP contribution in [-0.4, -0.2) is 12.9 Å². The Kier molecular flexibility index (Phi) is 3.63. The average molecular weight is 232 g/mol. The van der Waals surface area contributed by atoms with Gasteiger partial charge in [0.2, 0.25) is 0 Å². The van der Waals surface area contributed by atoms with E-state index in [1.54, 1.807) is 7.11 Å². The first kappa shape index (κ1) is 12.3. The number of rotatable bonds is 3. The molecule has 0 amide bonds. The zero-order valence-corrected chi connectivity index (χ0v) is 10.7. The molecule has 17 heavy (non-hydrogen) atoms. The van der Waals surface area contributed by atoms with Crippen molar-refractivity contribution in [3.8, 4) is 0 Å². The topological polar surface area (TPSA) is 26.3 Å². The fraction of sp³-hybridized carbons (Fsp3) is 0.533. The highest BCUT2D eigenvalue weighted by Crippen LogP contribution is 2.38. The van der Waals surface area contributed by atoms with Crippen LogP contribution in [0.2, 0.25) is 0 Å². The Labute approximate surface area is 103 Å². The maximum absolute atomic E-state index is 11.3. The minimum Gasteiger partial charge on any atom is -0.374 e. The van der Waals surface area contributed by atoms with Crippen molar-refractivity contribution >= 4 is 5.78 Å². The number of methoxy groups -OCH3 is 1. The minimum absolute atomic E-state index is 0.236. The van der Waals surface area contributed by atoms with Crippen LogP contribution in [0.1, 0.15) is 43.7 Å². The number of hydrogen-bond acceptors (Lipinski definition) is 2. The Balaban J connectivity index is 2.24. The van der Waals surface area contributed by atoms with Gasteiger partial charge in [-0.2, -0.15) is 0 Å². The van der Waals surface area contributed by atoms with Crippen molar-refractivity contribution in [3.63, 3.8) is 0 Å². The summed E-state index contributed by atoms with van der Waals surface area (Å²) in [5, 5.41) is 0. The maximum Gasteiger partial charge on any atom is 0.133 e. The van der Waals surface area contributed by atoms with Crippen LogP contribution in [0.5, 0.6) is 0 Å². The van der Waals surface area contributed by atoms with E-state index >= 15 is 0 Å². The van der Waals surface area contributed by atoms with Crippen LogP contribution in [0.4, 0.5) is 0 Å². The number of aryl methyl sites for hydroxylation is 1. The third-order valence-electron chi connectivity index (χ3n) is 3.89. The summed E-state index contributed by atoms with van der Waals surface area (Å²) in [5.41, 5.74) is 2.32. The van der Waals surface area contributed by atoms with Crippen molar-refractivity contribution in [2.24, 2.45) is 0 Å². The lowest BCUT2D eigenvalue weighted by molar-refractivity contribution is -0.127. The summed E-state index contributed by atoms with van der Waals surface area (Å²) in [6, 6.07) is 8.62. The lowest BCUT2D eigenvalue weighted by atomic mass is 9.78. The van der Waals surface area contributed by atoms with Gasteiger partial charge in [0.15, 0.2) is 0 Å². The Morgan fingerprint density at radius 2 is 1.76 bits per heavy atom. The molecule has 0 bridgehead atoms. The van der Waals surface area contributed by atoms with Gasteiger partial charge in [-0.05, 0) is 30.4 Å². The molecule has 1 aliphatic carbocycles. The predicted molar refractivity (Wildman–Crippen MR) is 68.0 cm³/mol. The molecule has 1 fully saturated rings. The van der Waals surface area contributed by atoms with Crippen LogP contribution in [0.3, 0.4) is 0 Å². The SMILES string of the molecule is CCc1ccc(C2(OC)CCC(=O)CC2)cc1. The summed E-state index contributed by atoms with van der Waals surface area (Å²) < 4.78 is 5.73. The summed E-state index contributed by atoms with van der Waals surface area (Å²) >= 11 is 0. The van der Waals surface area contributed by atoms with E-state index in [0.717, 1.165) is 19.3 Å². The zero-order chi connectivity index (χ0) is 12.3. The van der Waals surface area contributed by atoms with E-state index in [9.17, 15) is 4.79 Å². The van der Waals surface area contributed by atoms with Crippen molar-refractivity contribution in [2.45, 2.75) is 44.6 Å². The van der Waals surface area contributed by atoms with Crippen LogP contribution in [0.15, 0.2) is 24.3 Å². The van der Waals surface area contributed by atoms with E-state index < -0.39 is 0 Å². The van der Waals surface area contributed by atoms with Gasteiger partial charge in [0.1, 0.15) is 5.78 Å². The summed E-state index contributed by atoms with van der Waals surface area (Å²) in [6.07, 6.45) is 3.97. The standard InChI is InChI=1S/C15H20O2/c1-3-12-4-6-13(7-5-12)15(17-2)10-8-14(16)9-11-15/h4-7H,3,8-11H2,1-2H3. The molecule has 0 N–H and O–H groups in total. The molecular formula is C15H20O2. The molecular weight excluding hydrogens is 212 g/mol. The monoisotopic (exact) mass is 232 g/mol. The predicted octanol–water partition coefficient (Wildman–Crippen LogP) is 3.23.